The number of thiazole rings is 1. The average Bonchev–Trinajstić information content (AvgIpc) is 2.91. The Balaban J connectivity index is 2.16. The molecule has 0 spiro atoms. The Morgan fingerprint density at radius 3 is 2.63 bits per heavy atom. The van der Waals surface area contributed by atoms with Gasteiger partial charge in [0, 0.05) is 16.5 Å². The van der Waals surface area contributed by atoms with Gasteiger partial charge in [-0.05, 0) is 22.9 Å². The van der Waals surface area contributed by atoms with E-state index in [0.29, 0.717) is 5.56 Å². The lowest BCUT2D eigenvalue weighted by Gasteiger charge is -2.07. The molecule has 2 aromatic carbocycles. The predicted molar refractivity (Wildman–Crippen MR) is 77.1 cm³/mol. The maximum Gasteiger partial charge on any atom is 0.336 e. The van der Waals surface area contributed by atoms with Gasteiger partial charge in [0.2, 0.25) is 0 Å². The van der Waals surface area contributed by atoms with Crippen LogP contribution in [-0.4, -0.2) is 16.1 Å². The molecule has 0 aliphatic carbocycles. The van der Waals surface area contributed by atoms with Crippen LogP contribution in [0.25, 0.3) is 10.8 Å². The molecule has 0 unspecified atom stereocenters. The van der Waals surface area contributed by atoms with Crippen molar-refractivity contribution in [3.05, 3.63) is 53.5 Å². The third-order valence-corrected chi connectivity index (χ3v) is 4.68. The quantitative estimate of drug-likeness (QED) is 0.786. The van der Waals surface area contributed by atoms with Crippen LogP contribution >= 0.6 is 23.1 Å². The molecule has 19 heavy (non-hydrogen) atoms. The number of hydrogen-bond acceptors (Lipinski definition) is 4. The fourth-order valence-electron chi connectivity index (χ4n) is 1.90. The predicted octanol–water partition coefficient (Wildman–Crippen LogP) is 4.15. The smallest absolute Gasteiger partial charge is 0.336 e. The van der Waals surface area contributed by atoms with Gasteiger partial charge in [0.1, 0.15) is 0 Å². The molecule has 0 radical (unpaired) electrons. The second-order valence-corrected chi connectivity index (χ2v) is 6.05. The summed E-state index contributed by atoms with van der Waals surface area (Å²) in [4.78, 5) is 16.5. The highest BCUT2D eigenvalue weighted by molar-refractivity contribution is 8.01. The molecular formula is C14H9NO2S2. The van der Waals surface area contributed by atoms with Gasteiger partial charge in [0.25, 0.3) is 0 Å². The number of nitrogens with zero attached hydrogens (tertiary/aromatic N) is 1. The number of rotatable bonds is 3. The number of carboxylic acids is 1. The summed E-state index contributed by atoms with van der Waals surface area (Å²) < 4.78 is 0.952. The Kier molecular flexibility index (Phi) is 3.23. The molecule has 0 saturated heterocycles. The van der Waals surface area contributed by atoms with Crippen molar-refractivity contribution in [2.75, 3.05) is 0 Å². The molecule has 3 nitrogen and oxygen atoms in total. The van der Waals surface area contributed by atoms with Crippen molar-refractivity contribution in [2.24, 2.45) is 0 Å². The van der Waals surface area contributed by atoms with Crippen molar-refractivity contribution in [3.63, 3.8) is 0 Å². The van der Waals surface area contributed by atoms with Crippen molar-refractivity contribution >= 4 is 39.8 Å². The van der Waals surface area contributed by atoms with Crippen molar-refractivity contribution in [3.8, 4) is 0 Å². The molecule has 1 N–H and O–H groups in total. The van der Waals surface area contributed by atoms with Crippen LogP contribution in [0, 0.1) is 0 Å². The van der Waals surface area contributed by atoms with Gasteiger partial charge in [-0.1, -0.05) is 36.0 Å². The van der Waals surface area contributed by atoms with Gasteiger partial charge in [-0.3, -0.25) is 0 Å². The van der Waals surface area contributed by atoms with Gasteiger partial charge in [-0.2, -0.15) is 0 Å². The molecule has 1 aromatic heterocycles. The van der Waals surface area contributed by atoms with E-state index in [4.69, 9.17) is 0 Å². The summed E-state index contributed by atoms with van der Waals surface area (Å²) in [6, 6.07) is 11.0. The lowest BCUT2D eigenvalue weighted by Crippen LogP contribution is -1.97. The van der Waals surface area contributed by atoms with E-state index >= 15 is 0 Å². The minimum absolute atomic E-state index is 0.332. The SMILES string of the molecule is O=C(O)c1ccc(Sc2nccs2)c2ccccc12. The van der Waals surface area contributed by atoms with E-state index < -0.39 is 5.97 Å². The fraction of sp³-hybridized carbons (Fsp3) is 0. The molecule has 0 bridgehead atoms. The third-order valence-electron chi connectivity index (χ3n) is 2.72. The van der Waals surface area contributed by atoms with Crippen molar-refractivity contribution in [1.82, 2.24) is 4.98 Å². The summed E-state index contributed by atoms with van der Waals surface area (Å²) in [5.41, 5.74) is 0.332. The third kappa shape index (κ3) is 2.34. The number of benzene rings is 2. The van der Waals surface area contributed by atoms with Gasteiger partial charge in [0.15, 0.2) is 4.34 Å². The second kappa shape index (κ2) is 5.03. The van der Waals surface area contributed by atoms with E-state index in [1.54, 1.807) is 35.4 Å². The van der Waals surface area contributed by atoms with Crippen molar-refractivity contribution in [1.29, 1.82) is 0 Å². The highest BCUT2D eigenvalue weighted by Gasteiger charge is 2.12. The summed E-state index contributed by atoms with van der Waals surface area (Å²) in [7, 11) is 0. The lowest BCUT2D eigenvalue weighted by molar-refractivity contribution is 0.0699. The van der Waals surface area contributed by atoms with E-state index in [-0.39, 0.29) is 0 Å². The van der Waals surface area contributed by atoms with Crippen LogP contribution in [-0.2, 0) is 0 Å². The topological polar surface area (TPSA) is 50.2 Å². The van der Waals surface area contributed by atoms with E-state index in [9.17, 15) is 9.90 Å². The Labute approximate surface area is 117 Å². The van der Waals surface area contributed by atoms with Crippen molar-refractivity contribution in [2.45, 2.75) is 9.24 Å². The van der Waals surface area contributed by atoms with E-state index in [1.807, 2.05) is 35.7 Å². The highest BCUT2D eigenvalue weighted by atomic mass is 32.2. The molecule has 0 amide bonds. The number of carboxylic acid groups (broad SMARTS) is 1. The van der Waals surface area contributed by atoms with E-state index in [0.717, 1.165) is 20.0 Å². The molecule has 0 atom stereocenters. The van der Waals surface area contributed by atoms with Gasteiger partial charge < -0.3 is 5.11 Å². The lowest BCUT2D eigenvalue weighted by atomic mass is 10.0. The first kappa shape index (κ1) is 12.2. The molecule has 94 valence electrons. The van der Waals surface area contributed by atoms with Gasteiger partial charge in [0.05, 0.1) is 5.56 Å². The molecule has 0 aliphatic rings. The molecule has 1 heterocycles. The zero-order chi connectivity index (χ0) is 13.2. The highest BCUT2D eigenvalue weighted by Crippen LogP contribution is 2.35. The molecular weight excluding hydrogens is 278 g/mol. The molecule has 0 aliphatic heterocycles. The van der Waals surface area contributed by atoms with E-state index in [1.165, 1.54) is 0 Å². The summed E-state index contributed by atoms with van der Waals surface area (Å²) >= 11 is 3.13. The summed E-state index contributed by atoms with van der Waals surface area (Å²) in [5.74, 6) is -0.901. The van der Waals surface area contributed by atoms with Gasteiger partial charge >= 0.3 is 5.97 Å². The van der Waals surface area contributed by atoms with Crippen LogP contribution in [0.4, 0.5) is 0 Å². The first-order valence-corrected chi connectivity index (χ1v) is 7.28. The summed E-state index contributed by atoms with van der Waals surface area (Å²) in [6.45, 7) is 0. The Bertz CT molecular complexity index is 738. The van der Waals surface area contributed by atoms with Crippen LogP contribution in [0.1, 0.15) is 10.4 Å². The zero-order valence-electron chi connectivity index (χ0n) is 9.74. The van der Waals surface area contributed by atoms with Crippen LogP contribution in [0.2, 0.25) is 0 Å². The Hall–Kier alpha value is -1.85. The van der Waals surface area contributed by atoms with Gasteiger partial charge in [-0.15, -0.1) is 11.3 Å². The zero-order valence-corrected chi connectivity index (χ0v) is 11.4. The normalized spacial score (nSPS) is 10.7. The van der Waals surface area contributed by atoms with Crippen LogP contribution in [0.5, 0.6) is 0 Å². The fourth-order valence-corrected chi connectivity index (χ4v) is 3.62. The number of carbonyl (C=O) groups is 1. The number of hydrogen-bond donors (Lipinski definition) is 1. The Morgan fingerprint density at radius 1 is 1.16 bits per heavy atom. The first-order chi connectivity index (χ1) is 9.25. The van der Waals surface area contributed by atoms with E-state index in [2.05, 4.69) is 4.98 Å². The molecule has 3 aromatic rings. The number of fused-ring (bicyclic) bond motifs is 1. The maximum atomic E-state index is 11.2. The number of aromatic nitrogens is 1. The monoisotopic (exact) mass is 287 g/mol. The average molecular weight is 287 g/mol. The second-order valence-electron chi connectivity index (χ2n) is 3.86. The summed E-state index contributed by atoms with van der Waals surface area (Å²) in [6.07, 6.45) is 1.76. The largest absolute Gasteiger partial charge is 0.478 e. The van der Waals surface area contributed by atoms with Gasteiger partial charge in [-0.25, -0.2) is 9.78 Å². The summed E-state index contributed by atoms with van der Waals surface area (Å²) in [5, 5.41) is 12.8. The number of aromatic carboxylic acids is 1. The van der Waals surface area contributed by atoms with Crippen LogP contribution < -0.4 is 0 Å². The first-order valence-electron chi connectivity index (χ1n) is 5.58. The molecule has 0 fully saturated rings. The molecule has 3 rings (SSSR count). The van der Waals surface area contributed by atoms with Crippen LogP contribution in [0.15, 0.2) is 57.2 Å². The minimum Gasteiger partial charge on any atom is -0.478 e. The standard InChI is InChI=1S/C14H9NO2S2/c16-13(17)11-5-6-12(19-14-15-7-8-18-14)10-4-2-1-3-9(10)11/h1-8H,(H,16,17). The maximum absolute atomic E-state index is 11.2. The minimum atomic E-state index is -0.901. The molecule has 0 saturated carbocycles. The molecule has 5 heteroatoms. The Morgan fingerprint density at radius 2 is 1.95 bits per heavy atom. The van der Waals surface area contributed by atoms with Crippen LogP contribution in [0.3, 0.4) is 0 Å². The van der Waals surface area contributed by atoms with Crippen molar-refractivity contribution < 1.29 is 9.90 Å².